The minimum absolute atomic E-state index is 0.218. The predicted molar refractivity (Wildman–Crippen MR) is 76.6 cm³/mol. The molecule has 1 aromatic heterocycles. The van der Waals surface area contributed by atoms with Crippen molar-refractivity contribution >= 4 is 15.9 Å². The fourth-order valence-corrected chi connectivity index (χ4v) is 2.73. The van der Waals surface area contributed by atoms with Crippen LogP contribution in [-0.4, -0.2) is 9.97 Å². The van der Waals surface area contributed by atoms with Gasteiger partial charge in [-0.05, 0) is 65.9 Å². The molecule has 1 heterocycles. The van der Waals surface area contributed by atoms with Crippen LogP contribution in [0.5, 0.6) is 0 Å². The van der Waals surface area contributed by atoms with Crippen molar-refractivity contribution in [3.05, 3.63) is 45.6 Å². The second-order valence-electron chi connectivity index (χ2n) is 5.15. The highest BCUT2D eigenvalue weighted by Crippen LogP contribution is 2.39. The summed E-state index contributed by atoms with van der Waals surface area (Å²) in [5, 5.41) is 0. The summed E-state index contributed by atoms with van der Waals surface area (Å²) in [6.07, 6.45) is 2.26. The molecule has 1 aromatic carbocycles. The van der Waals surface area contributed by atoms with Crippen molar-refractivity contribution in [2.75, 3.05) is 0 Å². The van der Waals surface area contributed by atoms with Gasteiger partial charge < -0.3 is 0 Å². The predicted octanol–water partition coefficient (Wildman–Crippen LogP) is 4.54. The van der Waals surface area contributed by atoms with Crippen molar-refractivity contribution in [3.63, 3.8) is 0 Å². The minimum Gasteiger partial charge on any atom is -0.232 e. The quantitative estimate of drug-likeness (QED) is 0.759. The van der Waals surface area contributed by atoms with E-state index in [0.717, 1.165) is 34.4 Å². The van der Waals surface area contributed by atoms with Crippen LogP contribution in [0, 0.1) is 19.7 Å². The molecule has 0 radical (unpaired) electrons. The molecule has 0 saturated heterocycles. The van der Waals surface area contributed by atoms with E-state index in [2.05, 4.69) is 25.9 Å². The van der Waals surface area contributed by atoms with Crippen LogP contribution >= 0.6 is 15.9 Å². The van der Waals surface area contributed by atoms with E-state index in [1.54, 1.807) is 12.1 Å². The number of aryl methyl sites for hydroxylation is 2. The highest BCUT2D eigenvalue weighted by molar-refractivity contribution is 9.10. The van der Waals surface area contributed by atoms with Crippen LogP contribution in [0.4, 0.5) is 4.39 Å². The molecule has 0 aliphatic heterocycles. The van der Waals surface area contributed by atoms with E-state index >= 15 is 0 Å². The van der Waals surface area contributed by atoms with Crippen LogP contribution in [0.2, 0.25) is 0 Å². The SMILES string of the molecule is Cc1cc(C)c(-c2cc(Br)nc(C3CC3)n2)c(F)c1. The van der Waals surface area contributed by atoms with Crippen LogP contribution in [-0.2, 0) is 0 Å². The van der Waals surface area contributed by atoms with Crippen molar-refractivity contribution < 1.29 is 4.39 Å². The Morgan fingerprint density at radius 1 is 1.16 bits per heavy atom. The van der Waals surface area contributed by atoms with Gasteiger partial charge in [-0.1, -0.05) is 6.07 Å². The van der Waals surface area contributed by atoms with Gasteiger partial charge >= 0.3 is 0 Å². The van der Waals surface area contributed by atoms with Crippen molar-refractivity contribution in [2.24, 2.45) is 0 Å². The van der Waals surface area contributed by atoms with Crippen molar-refractivity contribution in [3.8, 4) is 11.3 Å². The Morgan fingerprint density at radius 2 is 1.89 bits per heavy atom. The van der Waals surface area contributed by atoms with Gasteiger partial charge in [-0.3, -0.25) is 0 Å². The van der Waals surface area contributed by atoms with Crippen LogP contribution in [0.3, 0.4) is 0 Å². The molecular formula is C15H14BrFN2. The Hall–Kier alpha value is -1.29. The van der Waals surface area contributed by atoms with E-state index in [1.807, 2.05) is 19.9 Å². The van der Waals surface area contributed by atoms with E-state index < -0.39 is 0 Å². The number of nitrogens with zero attached hydrogens (tertiary/aromatic N) is 2. The fourth-order valence-electron chi connectivity index (χ4n) is 2.33. The van der Waals surface area contributed by atoms with Crippen LogP contribution in [0.1, 0.15) is 35.7 Å². The lowest BCUT2D eigenvalue weighted by Crippen LogP contribution is -1.99. The monoisotopic (exact) mass is 320 g/mol. The number of hydrogen-bond donors (Lipinski definition) is 0. The Balaban J connectivity index is 2.16. The smallest absolute Gasteiger partial charge is 0.133 e. The van der Waals surface area contributed by atoms with Crippen molar-refractivity contribution in [1.29, 1.82) is 0 Å². The molecule has 1 saturated carbocycles. The van der Waals surface area contributed by atoms with Gasteiger partial charge in [0.1, 0.15) is 16.2 Å². The summed E-state index contributed by atoms with van der Waals surface area (Å²) in [5.74, 6) is 1.05. The molecule has 2 aromatic rings. The molecular weight excluding hydrogens is 307 g/mol. The minimum atomic E-state index is -0.218. The molecule has 0 N–H and O–H groups in total. The van der Waals surface area contributed by atoms with Crippen molar-refractivity contribution in [1.82, 2.24) is 9.97 Å². The van der Waals surface area contributed by atoms with E-state index in [0.29, 0.717) is 17.2 Å². The maximum Gasteiger partial charge on any atom is 0.133 e. The van der Waals surface area contributed by atoms with Crippen LogP contribution in [0.15, 0.2) is 22.8 Å². The summed E-state index contributed by atoms with van der Waals surface area (Å²) in [5.41, 5.74) is 3.08. The maximum atomic E-state index is 14.2. The molecule has 0 amide bonds. The van der Waals surface area contributed by atoms with Gasteiger partial charge in [-0.15, -0.1) is 0 Å². The standard InChI is InChI=1S/C15H14BrFN2/c1-8-5-9(2)14(11(17)6-8)12-7-13(16)19-15(18-12)10-3-4-10/h5-7,10H,3-4H2,1-2H3. The van der Waals surface area contributed by atoms with Gasteiger partial charge in [0.2, 0.25) is 0 Å². The van der Waals surface area contributed by atoms with Gasteiger partial charge in [0.25, 0.3) is 0 Å². The first-order chi connectivity index (χ1) is 9.04. The zero-order valence-electron chi connectivity index (χ0n) is 10.9. The number of aromatic nitrogens is 2. The van der Waals surface area contributed by atoms with E-state index in [1.165, 1.54) is 0 Å². The number of hydrogen-bond acceptors (Lipinski definition) is 2. The fraction of sp³-hybridized carbons (Fsp3) is 0.333. The molecule has 0 spiro atoms. The Morgan fingerprint density at radius 3 is 2.53 bits per heavy atom. The number of rotatable bonds is 2. The molecule has 98 valence electrons. The highest BCUT2D eigenvalue weighted by atomic mass is 79.9. The normalized spacial score (nSPS) is 14.7. The van der Waals surface area contributed by atoms with Gasteiger partial charge in [-0.2, -0.15) is 0 Å². The Bertz CT molecular complexity index is 628. The zero-order chi connectivity index (χ0) is 13.6. The largest absolute Gasteiger partial charge is 0.232 e. The second kappa shape index (κ2) is 4.67. The van der Waals surface area contributed by atoms with Crippen molar-refractivity contribution in [2.45, 2.75) is 32.6 Å². The molecule has 0 bridgehead atoms. The number of benzene rings is 1. The van der Waals surface area contributed by atoms with Gasteiger partial charge in [-0.25, -0.2) is 14.4 Å². The van der Waals surface area contributed by atoms with E-state index in [9.17, 15) is 4.39 Å². The third-order valence-corrected chi connectivity index (χ3v) is 3.75. The molecule has 1 fully saturated rings. The summed E-state index contributed by atoms with van der Waals surface area (Å²) in [6, 6.07) is 5.31. The third-order valence-electron chi connectivity index (χ3n) is 3.34. The van der Waals surface area contributed by atoms with E-state index in [-0.39, 0.29) is 5.82 Å². The number of halogens is 2. The lowest BCUT2D eigenvalue weighted by molar-refractivity contribution is 0.628. The summed E-state index contributed by atoms with van der Waals surface area (Å²) in [7, 11) is 0. The molecule has 1 aliphatic carbocycles. The summed E-state index contributed by atoms with van der Waals surface area (Å²) in [6.45, 7) is 3.81. The van der Waals surface area contributed by atoms with Crippen LogP contribution in [0.25, 0.3) is 11.3 Å². The summed E-state index contributed by atoms with van der Waals surface area (Å²) in [4.78, 5) is 8.92. The molecule has 19 heavy (non-hydrogen) atoms. The molecule has 2 nitrogen and oxygen atoms in total. The van der Waals surface area contributed by atoms with Crippen LogP contribution < -0.4 is 0 Å². The summed E-state index contributed by atoms with van der Waals surface area (Å²) >= 11 is 3.40. The Kier molecular flexibility index (Phi) is 3.13. The van der Waals surface area contributed by atoms with Gasteiger partial charge in [0.05, 0.1) is 5.69 Å². The molecule has 3 rings (SSSR count). The maximum absolute atomic E-state index is 14.2. The molecule has 1 aliphatic rings. The second-order valence-corrected chi connectivity index (χ2v) is 5.96. The molecule has 0 atom stereocenters. The lowest BCUT2D eigenvalue weighted by Gasteiger charge is -2.10. The molecule has 0 unspecified atom stereocenters. The first kappa shape index (κ1) is 12.7. The lowest BCUT2D eigenvalue weighted by atomic mass is 10.0. The first-order valence-electron chi connectivity index (χ1n) is 6.36. The third kappa shape index (κ3) is 2.54. The summed E-state index contributed by atoms with van der Waals surface area (Å²) < 4.78 is 14.9. The average Bonchev–Trinajstić information content (AvgIpc) is 3.10. The Labute approximate surface area is 120 Å². The highest BCUT2D eigenvalue weighted by Gasteiger charge is 2.27. The van der Waals surface area contributed by atoms with Gasteiger partial charge in [0.15, 0.2) is 0 Å². The zero-order valence-corrected chi connectivity index (χ0v) is 12.5. The topological polar surface area (TPSA) is 25.8 Å². The van der Waals surface area contributed by atoms with E-state index in [4.69, 9.17) is 0 Å². The first-order valence-corrected chi connectivity index (χ1v) is 7.15. The van der Waals surface area contributed by atoms with Gasteiger partial charge in [0, 0.05) is 11.5 Å². The average molecular weight is 321 g/mol. The molecule has 4 heteroatoms.